The van der Waals surface area contributed by atoms with Gasteiger partial charge in [0, 0.05) is 25.7 Å². The molecular formula is C13H19N3O4. The monoisotopic (exact) mass is 281 g/mol. The van der Waals surface area contributed by atoms with E-state index in [0.29, 0.717) is 6.54 Å². The van der Waals surface area contributed by atoms with Crippen molar-refractivity contribution in [2.24, 2.45) is 0 Å². The molecule has 0 bridgehead atoms. The summed E-state index contributed by atoms with van der Waals surface area (Å²) < 4.78 is 1.14. The molecule has 0 spiro atoms. The summed E-state index contributed by atoms with van der Waals surface area (Å²) in [6.07, 6.45) is 1.85. The van der Waals surface area contributed by atoms with Crippen LogP contribution in [-0.2, 0) is 11.3 Å². The Morgan fingerprint density at radius 1 is 1.45 bits per heavy atom. The van der Waals surface area contributed by atoms with E-state index in [4.69, 9.17) is 0 Å². The van der Waals surface area contributed by atoms with E-state index in [1.807, 2.05) is 6.92 Å². The number of pyridine rings is 1. The van der Waals surface area contributed by atoms with Gasteiger partial charge in [-0.05, 0) is 13.3 Å². The molecule has 0 radical (unpaired) electrons. The molecule has 110 valence electrons. The lowest BCUT2D eigenvalue weighted by Gasteiger charge is -2.18. The third-order valence-electron chi connectivity index (χ3n) is 3.19. The Balaban J connectivity index is 2.97. The zero-order chi connectivity index (χ0) is 15.3. The molecule has 0 aliphatic rings. The standard InChI is InChI=1S/C13H19N3O4/c1-4-5-8-14(3)13(18)9-15-10(2)11(16(19)20)6-7-12(15)17/h6-7H,4-5,8-9H2,1-3H3. The molecule has 0 saturated carbocycles. The molecule has 1 amide bonds. The van der Waals surface area contributed by atoms with Gasteiger partial charge in [-0.2, -0.15) is 0 Å². The highest BCUT2D eigenvalue weighted by Crippen LogP contribution is 2.14. The number of rotatable bonds is 6. The van der Waals surface area contributed by atoms with Crippen molar-refractivity contribution in [3.05, 3.63) is 38.3 Å². The predicted octanol–water partition coefficient (Wildman–Crippen LogP) is 1.32. The van der Waals surface area contributed by atoms with Gasteiger partial charge in [-0.1, -0.05) is 13.3 Å². The molecular weight excluding hydrogens is 262 g/mol. The van der Waals surface area contributed by atoms with Crippen LogP contribution >= 0.6 is 0 Å². The van der Waals surface area contributed by atoms with Gasteiger partial charge >= 0.3 is 0 Å². The van der Waals surface area contributed by atoms with E-state index >= 15 is 0 Å². The zero-order valence-corrected chi connectivity index (χ0v) is 12.0. The van der Waals surface area contributed by atoms with E-state index in [1.165, 1.54) is 17.9 Å². The van der Waals surface area contributed by atoms with Gasteiger partial charge in [0.05, 0.1) is 10.6 Å². The number of carbonyl (C=O) groups excluding carboxylic acids is 1. The first-order valence-electron chi connectivity index (χ1n) is 6.47. The average Bonchev–Trinajstić information content (AvgIpc) is 2.39. The summed E-state index contributed by atoms with van der Waals surface area (Å²) in [5.41, 5.74) is -0.376. The minimum Gasteiger partial charge on any atom is -0.344 e. The van der Waals surface area contributed by atoms with Crippen LogP contribution in [0.25, 0.3) is 0 Å². The van der Waals surface area contributed by atoms with Crippen LogP contribution in [0.4, 0.5) is 5.69 Å². The lowest BCUT2D eigenvalue weighted by Crippen LogP contribution is -2.35. The van der Waals surface area contributed by atoms with Crippen LogP contribution < -0.4 is 5.56 Å². The van der Waals surface area contributed by atoms with E-state index in [0.717, 1.165) is 23.5 Å². The Morgan fingerprint density at radius 2 is 2.10 bits per heavy atom. The summed E-state index contributed by atoms with van der Waals surface area (Å²) in [5.74, 6) is -0.232. The molecule has 1 aromatic rings. The lowest BCUT2D eigenvalue weighted by molar-refractivity contribution is -0.386. The van der Waals surface area contributed by atoms with Crippen molar-refractivity contribution in [1.29, 1.82) is 0 Å². The molecule has 0 atom stereocenters. The molecule has 0 saturated heterocycles. The van der Waals surface area contributed by atoms with Crippen LogP contribution in [0.3, 0.4) is 0 Å². The molecule has 0 aromatic carbocycles. The van der Waals surface area contributed by atoms with Crippen molar-refractivity contribution in [3.63, 3.8) is 0 Å². The minimum atomic E-state index is -0.559. The minimum absolute atomic E-state index is 0.159. The number of aromatic nitrogens is 1. The largest absolute Gasteiger partial charge is 0.344 e. The quantitative estimate of drug-likeness (QED) is 0.581. The van der Waals surface area contributed by atoms with Crippen LogP contribution in [0.2, 0.25) is 0 Å². The molecule has 0 N–H and O–H groups in total. The van der Waals surface area contributed by atoms with E-state index in [1.54, 1.807) is 7.05 Å². The van der Waals surface area contributed by atoms with Crippen molar-refractivity contribution in [2.75, 3.05) is 13.6 Å². The maximum absolute atomic E-state index is 12.0. The Hall–Kier alpha value is -2.18. The van der Waals surface area contributed by atoms with Crippen molar-refractivity contribution in [1.82, 2.24) is 9.47 Å². The molecule has 1 aromatic heterocycles. The van der Waals surface area contributed by atoms with E-state index in [2.05, 4.69) is 0 Å². The molecule has 7 nitrogen and oxygen atoms in total. The first kappa shape index (κ1) is 15.9. The van der Waals surface area contributed by atoms with Gasteiger partial charge in [-0.3, -0.25) is 24.3 Å². The molecule has 1 heterocycles. The second kappa shape index (κ2) is 6.83. The maximum Gasteiger partial charge on any atom is 0.288 e. The van der Waals surface area contributed by atoms with E-state index in [-0.39, 0.29) is 23.8 Å². The van der Waals surface area contributed by atoms with Crippen LogP contribution in [0.15, 0.2) is 16.9 Å². The van der Waals surface area contributed by atoms with Gasteiger partial charge in [0.25, 0.3) is 11.2 Å². The van der Waals surface area contributed by atoms with Crippen molar-refractivity contribution in [2.45, 2.75) is 33.2 Å². The molecule has 0 aliphatic carbocycles. The van der Waals surface area contributed by atoms with Crippen molar-refractivity contribution >= 4 is 11.6 Å². The highest BCUT2D eigenvalue weighted by atomic mass is 16.6. The Labute approximate surface area is 117 Å². The number of nitrogens with zero attached hydrogens (tertiary/aromatic N) is 3. The highest BCUT2D eigenvalue weighted by Gasteiger charge is 2.18. The van der Waals surface area contributed by atoms with E-state index in [9.17, 15) is 19.7 Å². The van der Waals surface area contributed by atoms with E-state index < -0.39 is 10.5 Å². The normalized spacial score (nSPS) is 10.3. The Kier molecular flexibility index (Phi) is 5.42. The van der Waals surface area contributed by atoms with Crippen molar-refractivity contribution in [3.8, 4) is 0 Å². The second-order valence-electron chi connectivity index (χ2n) is 4.65. The van der Waals surface area contributed by atoms with Crippen molar-refractivity contribution < 1.29 is 9.72 Å². The first-order chi connectivity index (χ1) is 9.38. The Bertz CT molecular complexity index is 565. The van der Waals surface area contributed by atoms with Gasteiger partial charge in [0.2, 0.25) is 5.91 Å². The third kappa shape index (κ3) is 3.66. The summed E-state index contributed by atoms with van der Waals surface area (Å²) in [6, 6.07) is 2.28. The predicted molar refractivity (Wildman–Crippen MR) is 74.6 cm³/mol. The van der Waals surface area contributed by atoms with Gasteiger partial charge in [-0.15, -0.1) is 0 Å². The molecule has 20 heavy (non-hydrogen) atoms. The number of carbonyl (C=O) groups is 1. The molecule has 0 unspecified atom stereocenters. The molecule has 0 aliphatic heterocycles. The van der Waals surface area contributed by atoms with Crippen LogP contribution in [-0.4, -0.2) is 33.9 Å². The summed E-state index contributed by atoms with van der Waals surface area (Å²) in [6.45, 7) is 3.93. The topological polar surface area (TPSA) is 85.4 Å². The fourth-order valence-electron chi connectivity index (χ4n) is 1.83. The summed E-state index contributed by atoms with van der Waals surface area (Å²) in [4.78, 5) is 35.6. The molecule has 7 heteroatoms. The number of likely N-dealkylation sites (N-methyl/N-ethyl adjacent to an activating group) is 1. The second-order valence-corrected chi connectivity index (χ2v) is 4.65. The first-order valence-corrected chi connectivity index (χ1v) is 6.47. The number of hydrogen-bond donors (Lipinski definition) is 0. The van der Waals surface area contributed by atoms with Gasteiger partial charge in [0.15, 0.2) is 0 Å². The SMILES string of the molecule is CCCCN(C)C(=O)Cn1c(C)c([N+](=O)[O-])ccc1=O. The number of amides is 1. The van der Waals surface area contributed by atoms with Crippen LogP contribution in [0.5, 0.6) is 0 Å². The molecule has 0 fully saturated rings. The van der Waals surface area contributed by atoms with Gasteiger partial charge in [-0.25, -0.2) is 0 Å². The summed E-state index contributed by atoms with van der Waals surface area (Å²) in [5, 5.41) is 10.8. The van der Waals surface area contributed by atoms with Gasteiger partial charge < -0.3 is 4.90 Å². The fourth-order valence-corrected chi connectivity index (χ4v) is 1.83. The lowest BCUT2D eigenvalue weighted by atomic mass is 10.3. The smallest absolute Gasteiger partial charge is 0.288 e. The highest BCUT2D eigenvalue weighted by molar-refractivity contribution is 5.75. The average molecular weight is 281 g/mol. The fraction of sp³-hybridized carbons (Fsp3) is 0.538. The van der Waals surface area contributed by atoms with Crippen LogP contribution in [0.1, 0.15) is 25.5 Å². The molecule has 1 rings (SSSR count). The zero-order valence-electron chi connectivity index (χ0n) is 12.0. The summed E-state index contributed by atoms with van der Waals surface area (Å²) >= 11 is 0. The number of hydrogen-bond acceptors (Lipinski definition) is 4. The van der Waals surface area contributed by atoms with Gasteiger partial charge in [0.1, 0.15) is 6.54 Å². The maximum atomic E-state index is 12.0. The number of unbranched alkanes of at least 4 members (excludes halogenated alkanes) is 1. The third-order valence-corrected chi connectivity index (χ3v) is 3.19. The Morgan fingerprint density at radius 3 is 2.65 bits per heavy atom. The summed E-state index contributed by atoms with van der Waals surface area (Å²) in [7, 11) is 1.66. The number of nitro groups is 1. The van der Waals surface area contributed by atoms with Crippen LogP contribution in [0, 0.1) is 17.0 Å².